The molecule has 0 bridgehead atoms. The molecule has 0 spiro atoms. The van der Waals surface area contributed by atoms with Crippen LogP contribution in [0.5, 0.6) is 0 Å². The van der Waals surface area contributed by atoms with Crippen molar-refractivity contribution in [3.8, 4) is 0 Å². The van der Waals surface area contributed by atoms with Crippen molar-refractivity contribution >= 4 is 34.4 Å². The van der Waals surface area contributed by atoms with Crippen molar-refractivity contribution in [3.05, 3.63) is 63.9 Å². The van der Waals surface area contributed by atoms with E-state index in [4.69, 9.17) is 11.6 Å². The fraction of sp³-hybridized carbons (Fsp3) is 0.348. The molecule has 3 N–H and O–H groups in total. The number of nitrogens with zero attached hydrogens (tertiary/aromatic N) is 2. The fourth-order valence-corrected chi connectivity index (χ4v) is 4.10. The Bertz CT molecular complexity index is 1140. The molecule has 2 amide bonds. The van der Waals surface area contributed by atoms with Crippen LogP contribution in [-0.2, 0) is 0 Å². The maximum absolute atomic E-state index is 12.9. The third-order valence-corrected chi connectivity index (χ3v) is 5.87. The minimum Gasteiger partial charge on any atom is -0.391 e. The van der Waals surface area contributed by atoms with E-state index in [1.807, 2.05) is 11.8 Å². The SMILES string of the molecule is Cc1cc(C(=O)NC(c2nc3ccc(Cl)cc3[nH]2)C(C)O)ccc1C(=O)N1CCCC1. The highest BCUT2D eigenvalue weighted by molar-refractivity contribution is 6.31. The number of hydrogen-bond acceptors (Lipinski definition) is 4. The van der Waals surface area contributed by atoms with Gasteiger partial charge in [0.1, 0.15) is 11.9 Å². The minimum atomic E-state index is -0.878. The quantitative estimate of drug-likeness (QED) is 0.564. The first-order chi connectivity index (χ1) is 14.8. The van der Waals surface area contributed by atoms with Crippen LogP contribution >= 0.6 is 11.6 Å². The van der Waals surface area contributed by atoms with E-state index in [9.17, 15) is 14.7 Å². The van der Waals surface area contributed by atoms with Gasteiger partial charge in [0, 0.05) is 29.2 Å². The third kappa shape index (κ3) is 4.43. The summed E-state index contributed by atoms with van der Waals surface area (Å²) in [7, 11) is 0. The van der Waals surface area contributed by atoms with Gasteiger partial charge in [-0.05, 0) is 68.7 Å². The lowest BCUT2D eigenvalue weighted by Crippen LogP contribution is -2.36. The van der Waals surface area contributed by atoms with Crippen molar-refractivity contribution in [3.63, 3.8) is 0 Å². The molecule has 162 valence electrons. The number of aromatic amines is 1. The van der Waals surface area contributed by atoms with Crippen molar-refractivity contribution in [2.45, 2.75) is 38.8 Å². The van der Waals surface area contributed by atoms with Crippen molar-refractivity contribution in [2.75, 3.05) is 13.1 Å². The zero-order chi connectivity index (χ0) is 22.1. The molecule has 4 rings (SSSR count). The summed E-state index contributed by atoms with van der Waals surface area (Å²) in [5.74, 6) is 0.0931. The van der Waals surface area contributed by atoms with E-state index in [0.29, 0.717) is 27.5 Å². The molecule has 1 fully saturated rings. The second kappa shape index (κ2) is 8.69. The number of benzene rings is 2. The molecule has 3 aromatic rings. The van der Waals surface area contributed by atoms with Crippen LogP contribution in [0.25, 0.3) is 11.0 Å². The average Bonchev–Trinajstić information content (AvgIpc) is 3.40. The van der Waals surface area contributed by atoms with Crippen LogP contribution in [0.2, 0.25) is 5.02 Å². The van der Waals surface area contributed by atoms with E-state index in [1.165, 1.54) is 0 Å². The predicted octanol–water partition coefficient (Wildman–Crippen LogP) is 3.61. The van der Waals surface area contributed by atoms with Gasteiger partial charge in [0.25, 0.3) is 11.8 Å². The van der Waals surface area contributed by atoms with E-state index >= 15 is 0 Å². The molecule has 2 aromatic carbocycles. The third-order valence-electron chi connectivity index (χ3n) is 5.64. The van der Waals surface area contributed by atoms with Gasteiger partial charge in [-0.2, -0.15) is 0 Å². The Labute approximate surface area is 185 Å². The summed E-state index contributed by atoms with van der Waals surface area (Å²) in [6.45, 7) is 4.97. The zero-order valence-electron chi connectivity index (χ0n) is 17.5. The van der Waals surface area contributed by atoms with Gasteiger partial charge in [-0.25, -0.2) is 4.98 Å². The molecule has 0 aliphatic carbocycles. The van der Waals surface area contributed by atoms with Gasteiger partial charge in [-0.15, -0.1) is 0 Å². The Morgan fingerprint density at radius 3 is 2.61 bits per heavy atom. The molecule has 1 aliphatic rings. The number of halogens is 1. The summed E-state index contributed by atoms with van der Waals surface area (Å²) in [4.78, 5) is 35.0. The highest BCUT2D eigenvalue weighted by Crippen LogP contribution is 2.23. The molecule has 7 nitrogen and oxygen atoms in total. The highest BCUT2D eigenvalue weighted by atomic mass is 35.5. The van der Waals surface area contributed by atoms with E-state index in [-0.39, 0.29) is 11.8 Å². The monoisotopic (exact) mass is 440 g/mol. The lowest BCUT2D eigenvalue weighted by atomic mass is 10.0. The topological polar surface area (TPSA) is 98.3 Å². The number of aromatic nitrogens is 2. The van der Waals surface area contributed by atoms with Crippen LogP contribution in [0.15, 0.2) is 36.4 Å². The fourth-order valence-electron chi connectivity index (χ4n) is 3.93. The van der Waals surface area contributed by atoms with Crippen molar-refractivity contribution in [1.82, 2.24) is 20.2 Å². The van der Waals surface area contributed by atoms with Crippen molar-refractivity contribution in [2.24, 2.45) is 0 Å². The average molecular weight is 441 g/mol. The number of likely N-dealkylation sites (tertiary alicyclic amines) is 1. The van der Waals surface area contributed by atoms with E-state index in [2.05, 4.69) is 15.3 Å². The van der Waals surface area contributed by atoms with Crippen molar-refractivity contribution in [1.29, 1.82) is 0 Å². The number of aliphatic hydroxyl groups is 1. The highest BCUT2D eigenvalue weighted by Gasteiger charge is 2.25. The molecule has 1 saturated heterocycles. The van der Waals surface area contributed by atoms with Gasteiger partial charge in [0.05, 0.1) is 17.1 Å². The zero-order valence-corrected chi connectivity index (χ0v) is 18.2. The summed E-state index contributed by atoms with van der Waals surface area (Å²) >= 11 is 6.03. The number of carbonyl (C=O) groups is 2. The van der Waals surface area contributed by atoms with Crippen LogP contribution in [-0.4, -0.2) is 51.0 Å². The molecular weight excluding hydrogens is 416 g/mol. The Morgan fingerprint density at radius 1 is 1.19 bits per heavy atom. The molecule has 0 saturated carbocycles. The standard InChI is InChI=1S/C23H25ClN4O3/c1-13-11-15(5-7-17(13)23(31)28-9-3-4-10-28)22(30)27-20(14(2)29)21-25-18-8-6-16(24)12-19(18)26-21/h5-8,11-12,14,20,29H,3-4,9-10H2,1-2H3,(H,25,26)(H,27,30). The van der Waals surface area contributed by atoms with Crippen LogP contribution in [0.3, 0.4) is 0 Å². The summed E-state index contributed by atoms with van der Waals surface area (Å²) in [6, 6.07) is 9.57. The lowest BCUT2D eigenvalue weighted by Gasteiger charge is -2.20. The van der Waals surface area contributed by atoms with Crippen LogP contribution in [0.1, 0.15) is 57.9 Å². The number of amides is 2. The van der Waals surface area contributed by atoms with Gasteiger partial charge < -0.3 is 20.3 Å². The van der Waals surface area contributed by atoms with Crippen LogP contribution in [0, 0.1) is 6.92 Å². The summed E-state index contributed by atoms with van der Waals surface area (Å²) < 4.78 is 0. The Balaban J connectivity index is 1.54. The number of imidazole rings is 1. The molecule has 8 heteroatoms. The molecular formula is C23H25ClN4O3. The number of carbonyl (C=O) groups excluding carboxylic acids is 2. The van der Waals surface area contributed by atoms with Crippen LogP contribution in [0.4, 0.5) is 0 Å². The van der Waals surface area contributed by atoms with Gasteiger partial charge in [-0.1, -0.05) is 11.6 Å². The molecule has 2 heterocycles. The number of hydrogen-bond donors (Lipinski definition) is 3. The molecule has 31 heavy (non-hydrogen) atoms. The smallest absolute Gasteiger partial charge is 0.254 e. The lowest BCUT2D eigenvalue weighted by molar-refractivity contribution is 0.0790. The molecule has 2 atom stereocenters. The first kappa shape index (κ1) is 21.3. The Kier molecular flexibility index (Phi) is 5.98. The Hall–Kier alpha value is -2.90. The Morgan fingerprint density at radius 2 is 1.94 bits per heavy atom. The normalized spacial score (nSPS) is 15.8. The van der Waals surface area contributed by atoms with Crippen molar-refractivity contribution < 1.29 is 14.7 Å². The van der Waals surface area contributed by atoms with E-state index < -0.39 is 12.1 Å². The van der Waals surface area contributed by atoms with Gasteiger partial charge in [-0.3, -0.25) is 9.59 Å². The summed E-state index contributed by atoms with van der Waals surface area (Å²) in [5.41, 5.74) is 3.19. The van der Waals surface area contributed by atoms with Gasteiger partial charge in [0.2, 0.25) is 0 Å². The maximum Gasteiger partial charge on any atom is 0.254 e. The number of aryl methyl sites for hydroxylation is 1. The minimum absolute atomic E-state index is 0.00440. The molecule has 0 radical (unpaired) electrons. The molecule has 1 aromatic heterocycles. The van der Waals surface area contributed by atoms with Crippen LogP contribution < -0.4 is 5.32 Å². The number of fused-ring (bicyclic) bond motifs is 1. The van der Waals surface area contributed by atoms with E-state index in [0.717, 1.165) is 37.0 Å². The van der Waals surface area contributed by atoms with Gasteiger partial charge >= 0.3 is 0 Å². The van der Waals surface area contributed by atoms with E-state index in [1.54, 1.807) is 43.3 Å². The summed E-state index contributed by atoms with van der Waals surface area (Å²) in [6.07, 6.45) is 1.18. The number of nitrogens with one attached hydrogen (secondary N) is 2. The summed E-state index contributed by atoms with van der Waals surface area (Å²) in [5, 5.41) is 13.7. The first-order valence-corrected chi connectivity index (χ1v) is 10.8. The largest absolute Gasteiger partial charge is 0.391 e. The maximum atomic E-state index is 12.9. The number of aliphatic hydroxyl groups excluding tert-OH is 1. The second-order valence-electron chi connectivity index (χ2n) is 8.00. The molecule has 1 aliphatic heterocycles. The van der Waals surface area contributed by atoms with Gasteiger partial charge in [0.15, 0.2) is 0 Å². The predicted molar refractivity (Wildman–Crippen MR) is 119 cm³/mol. The number of rotatable bonds is 5. The second-order valence-corrected chi connectivity index (χ2v) is 8.44. The molecule has 2 unspecified atom stereocenters. The number of H-pyrrole nitrogens is 1. The first-order valence-electron chi connectivity index (χ1n) is 10.4.